The molecule has 0 amide bonds. The third-order valence-electron chi connectivity index (χ3n) is 5.93. The van der Waals surface area contributed by atoms with Gasteiger partial charge in [0.15, 0.2) is 0 Å². The van der Waals surface area contributed by atoms with Gasteiger partial charge in [-0.15, -0.1) is 0 Å². The Kier molecular flexibility index (Phi) is 8.07. The standard InChI is InChI=1S/C18H37IO/c1-12(2)15(6)18(9,10)16(20-19)14(5)11-17(7,8)13(3)4/h12-16H,11H2,1-10H3. The molecular weight excluding hydrogens is 359 g/mol. The average Bonchev–Trinajstić information content (AvgIpc) is 2.27. The molecule has 0 fully saturated rings. The van der Waals surface area contributed by atoms with Crippen molar-refractivity contribution in [2.75, 3.05) is 0 Å². The zero-order valence-corrected chi connectivity index (χ0v) is 17.5. The fourth-order valence-electron chi connectivity index (χ4n) is 3.23. The Labute approximate surface area is 142 Å². The molecule has 0 radical (unpaired) electrons. The van der Waals surface area contributed by atoms with Crippen molar-refractivity contribution in [3.05, 3.63) is 0 Å². The Balaban J connectivity index is 5.08. The third-order valence-corrected chi connectivity index (χ3v) is 6.48. The monoisotopic (exact) mass is 396 g/mol. The zero-order chi connectivity index (χ0) is 16.3. The summed E-state index contributed by atoms with van der Waals surface area (Å²) >= 11 is 2.12. The van der Waals surface area contributed by atoms with Crippen molar-refractivity contribution in [2.45, 2.75) is 81.8 Å². The fourth-order valence-corrected chi connectivity index (χ4v) is 4.38. The molecule has 0 saturated heterocycles. The average molecular weight is 396 g/mol. The molecule has 0 N–H and O–H groups in total. The van der Waals surface area contributed by atoms with E-state index in [1.165, 1.54) is 6.42 Å². The lowest BCUT2D eigenvalue weighted by molar-refractivity contribution is -0.00882. The highest BCUT2D eigenvalue weighted by Crippen LogP contribution is 2.44. The Morgan fingerprint density at radius 3 is 1.65 bits per heavy atom. The van der Waals surface area contributed by atoms with E-state index in [-0.39, 0.29) is 5.41 Å². The van der Waals surface area contributed by atoms with Gasteiger partial charge in [0.25, 0.3) is 0 Å². The first-order chi connectivity index (χ1) is 8.87. The van der Waals surface area contributed by atoms with Gasteiger partial charge in [0.1, 0.15) is 23.0 Å². The predicted molar refractivity (Wildman–Crippen MR) is 99.1 cm³/mol. The van der Waals surface area contributed by atoms with Crippen LogP contribution in [0.15, 0.2) is 0 Å². The summed E-state index contributed by atoms with van der Waals surface area (Å²) in [4.78, 5) is 0. The van der Waals surface area contributed by atoms with Gasteiger partial charge in [-0.25, -0.2) is 0 Å². The predicted octanol–water partition coefficient (Wildman–Crippen LogP) is 6.75. The normalized spacial score (nSPS) is 18.4. The molecule has 0 aliphatic carbocycles. The molecule has 0 aromatic carbocycles. The van der Waals surface area contributed by atoms with Crippen LogP contribution in [0.4, 0.5) is 0 Å². The Bertz CT molecular complexity index is 281. The van der Waals surface area contributed by atoms with Crippen molar-refractivity contribution in [3.63, 3.8) is 0 Å². The van der Waals surface area contributed by atoms with Crippen LogP contribution in [0.2, 0.25) is 0 Å². The second-order valence-electron chi connectivity index (χ2n) is 8.69. The minimum Gasteiger partial charge on any atom is -0.312 e. The number of halogens is 1. The van der Waals surface area contributed by atoms with Crippen molar-refractivity contribution >= 4 is 23.0 Å². The summed E-state index contributed by atoms with van der Waals surface area (Å²) in [6.45, 7) is 23.5. The summed E-state index contributed by atoms with van der Waals surface area (Å²) in [5, 5.41) is 0. The highest BCUT2D eigenvalue weighted by atomic mass is 127. The lowest BCUT2D eigenvalue weighted by Gasteiger charge is -2.44. The van der Waals surface area contributed by atoms with Gasteiger partial charge in [-0.1, -0.05) is 69.2 Å². The van der Waals surface area contributed by atoms with E-state index in [1.807, 2.05) is 0 Å². The van der Waals surface area contributed by atoms with Crippen LogP contribution in [-0.2, 0) is 3.07 Å². The molecule has 2 heteroatoms. The van der Waals surface area contributed by atoms with Gasteiger partial charge in [0, 0.05) is 0 Å². The van der Waals surface area contributed by atoms with Gasteiger partial charge in [0.05, 0.1) is 6.10 Å². The van der Waals surface area contributed by atoms with E-state index in [2.05, 4.69) is 92.2 Å². The van der Waals surface area contributed by atoms with E-state index in [4.69, 9.17) is 3.07 Å². The second kappa shape index (κ2) is 7.80. The van der Waals surface area contributed by atoms with Crippen LogP contribution in [0.1, 0.15) is 75.7 Å². The first kappa shape index (κ1) is 20.7. The van der Waals surface area contributed by atoms with Crippen LogP contribution < -0.4 is 0 Å². The molecule has 0 aliphatic rings. The molecule has 1 nitrogen and oxygen atoms in total. The highest BCUT2D eigenvalue weighted by molar-refractivity contribution is 14.1. The maximum atomic E-state index is 5.94. The minimum atomic E-state index is 0.196. The molecule has 0 spiro atoms. The van der Waals surface area contributed by atoms with Crippen LogP contribution in [0.25, 0.3) is 0 Å². The number of hydrogen-bond donors (Lipinski definition) is 0. The van der Waals surface area contributed by atoms with Gasteiger partial charge >= 0.3 is 0 Å². The van der Waals surface area contributed by atoms with Gasteiger partial charge in [-0.2, -0.15) is 0 Å². The van der Waals surface area contributed by atoms with Crippen molar-refractivity contribution in [2.24, 2.45) is 34.5 Å². The highest BCUT2D eigenvalue weighted by Gasteiger charge is 2.41. The van der Waals surface area contributed by atoms with Crippen molar-refractivity contribution in [1.82, 2.24) is 0 Å². The zero-order valence-electron chi connectivity index (χ0n) is 15.4. The summed E-state index contributed by atoms with van der Waals surface area (Å²) in [5.74, 6) is 2.60. The number of rotatable bonds is 8. The number of hydrogen-bond acceptors (Lipinski definition) is 1. The van der Waals surface area contributed by atoms with E-state index < -0.39 is 0 Å². The van der Waals surface area contributed by atoms with Gasteiger partial charge in [-0.05, 0) is 40.9 Å². The molecule has 0 aromatic heterocycles. The lowest BCUT2D eigenvalue weighted by atomic mass is 9.64. The van der Waals surface area contributed by atoms with Crippen LogP contribution in [-0.4, -0.2) is 6.10 Å². The largest absolute Gasteiger partial charge is 0.312 e. The van der Waals surface area contributed by atoms with E-state index in [0.717, 1.165) is 0 Å². The Morgan fingerprint density at radius 1 is 0.900 bits per heavy atom. The quantitative estimate of drug-likeness (QED) is 0.413. The summed E-state index contributed by atoms with van der Waals surface area (Å²) < 4.78 is 5.94. The smallest absolute Gasteiger partial charge is 0.110 e. The Morgan fingerprint density at radius 2 is 1.35 bits per heavy atom. The SMILES string of the molecule is CC(C)C(C)C(C)(C)C(OI)C(C)CC(C)(C)C(C)C. The fraction of sp³-hybridized carbons (Fsp3) is 1.00. The van der Waals surface area contributed by atoms with Crippen LogP contribution in [0.3, 0.4) is 0 Å². The van der Waals surface area contributed by atoms with Crippen molar-refractivity contribution < 1.29 is 3.07 Å². The van der Waals surface area contributed by atoms with Gasteiger partial charge < -0.3 is 3.07 Å². The molecule has 0 aliphatic heterocycles. The summed E-state index contributed by atoms with van der Waals surface area (Å²) in [6.07, 6.45) is 1.52. The molecule has 3 atom stereocenters. The first-order valence-corrected chi connectivity index (χ1v) is 9.03. The summed E-state index contributed by atoms with van der Waals surface area (Å²) in [6, 6.07) is 0. The lowest BCUT2D eigenvalue weighted by Crippen LogP contribution is -2.43. The maximum absolute atomic E-state index is 5.94. The molecule has 0 saturated carbocycles. The summed E-state index contributed by atoms with van der Waals surface area (Å²) in [5.41, 5.74) is 0.561. The topological polar surface area (TPSA) is 9.23 Å². The van der Waals surface area contributed by atoms with Crippen LogP contribution in [0.5, 0.6) is 0 Å². The van der Waals surface area contributed by atoms with Crippen LogP contribution >= 0.6 is 23.0 Å². The molecule has 0 heterocycles. The van der Waals surface area contributed by atoms with E-state index in [0.29, 0.717) is 35.2 Å². The summed E-state index contributed by atoms with van der Waals surface area (Å²) in [7, 11) is 0. The molecular formula is C18H37IO. The molecule has 3 unspecified atom stereocenters. The molecule has 20 heavy (non-hydrogen) atoms. The van der Waals surface area contributed by atoms with Crippen molar-refractivity contribution in [3.8, 4) is 0 Å². The molecule has 0 aromatic rings. The minimum absolute atomic E-state index is 0.196. The van der Waals surface area contributed by atoms with Gasteiger partial charge in [-0.3, -0.25) is 0 Å². The maximum Gasteiger partial charge on any atom is 0.110 e. The van der Waals surface area contributed by atoms with Crippen molar-refractivity contribution in [1.29, 1.82) is 0 Å². The molecule has 122 valence electrons. The molecule has 0 bridgehead atoms. The van der Waals surface area contributed by atoms with Gasteiger partial charge in [0.2, 0.25) is 0 Å². The third kappa shape index (κ3) is 5.15. The van der Waals surface area contributed by atoms with E-state index in [9.17, 15) is 0 Å². The Hall–Kier alpha value is 0.690. The molecule has 0 rings (SSSR count). The van der Waals surface area contributed by atoms with E-state index >= 15 is 0 Å². The first-order valence-electron chi connectivity index (χ1n) is 8.15. The van der Waals surface area contributed by atoms with E-state index in [1.54, 1.807) is 0 Å². The second-order valence-corrected chi connectivity index (χ2v) is 9.20. The van der Waals surface area contributed by atoms with Crippen LogP contribution in [0, 0.1) is 34.5 Å².